The Morgan fingerprint density at radius 1 is 0.353 bits per heavy atom. The van der Waals surface area contributed by atoms with Gasteiger partial charge in [0, 0.05) is 16.7 Å². The summed E-state index contributed by atoms with van der Waals surface area (Å²) in [4.78, 5) is 30.0. The Morgan fingerprint density at radius 3 is 0.804 bits per heavy atom. The maximum Gasteiger partial charge on any atom is 0.236 e. The van der Waals surface area contributed by atoms with Crippen LogP contribution < -0.4 is 0 Å². The van der Waals surface area contributed by atoms with Crippen LogP contribution in [-0.2, 0) is 14.2 Å². The van der Waals surface area contributed by atoms with Gasteiger partial charge in [-0.1, -0.05) is 18.2 Å². The summed E-state index contributed by atoms with van der Waals surface area (Å²) in [6, 6.07) is 24.1. The monoisotopic (exact) mass is 684 g/mol. The van der Waals surface area contributed by atoms with Gasteiger partial charge in [-0.2, -0.15) is 0 Å². The Bertz CT molecular complexity index is 1900. The van der Waals surface area contributed by atoms with E-state index in [-0.39, 0.29) is 0 Å². The zero-order valence-electron chi connectivity index (χ0n) is 31.8. The van der Waals surface area contributed by atoms with Crippen molar-refractivity contribution >= 4 is 17.7 Å². The lowest BCUT2D eigenvalue weighted by Crippen LogP contribution is -2.41. The van der Waals surface area contributed by atoms with Gasteiger partial charge in [0.1, 0.15) is 33.9 Å². The van der Waals surface area contributed by atoms with E-state index in [1.165, 1.54) is 0 Å². The second kappa shape index (κ2) is 11.3. The summed E-state index contributed by atoms with van der Waals surface area (Å²) in [6.45, 7) is 24.8. The third-order valence-corrected chi connectivity index (χ3v) is 11.3. The van der Waals surface area contributed by atoms with Crippen molar-refractivity contribution in [2.75, 3.05) is 0 Å². The predicted molar refractivity (Wildman–Crippen MR) is 203 cm³/mol. The molecule has 3 aliphatic heterocycles. The summed E-state index contributed by atoms with van der Waals surface area (Å²) < 4.78 is 19.0. The van der Waals surface area contributed by atoms with E-state index in [1.54, 1.807) is 0 Å². The first-order valence-corrected chi connectivity index (χ1v) is 17.6. The SMILES string of the molecule is CC1(C)N=C(c2cccc(-c3cc(-c4cccc(C5=NC(C)(C)C(C)(C)O5)n4)cc(-c4cccc(C5=NC(C)(C)C(C)(C)O5)n4)c3)n2)OC1(C)C. The van der Waals surface area contributed by atoms with Crippen LogP contribution in [-0.4, -0.2) is 66.1 Å². The topological polar surface area (TPSA) is 103 Å². The molecule has 51 heavy (non-hydrogen) atoms. The molecule has 7 rings (SSSR count). The van der Waals surface area contributed by atoms with E-state index in [0.29, 0.717) is 34.8 Å². The number of nitrogens with zero attached hydrogens (tertiary/aromatic N) is 6. The normalized spacial score (nSPS) is 21.5. The maximum atomic E-state index is 6.33. The molecule has 4 aromatic rings. The van der Waals surface area contributed by atoms with Crippen LogP contribution in [0.3, 0.4) is 0 Å². The van der Waals surface area contributed by atoms with E-state index in [2.05, 4.69) is 101 Å². The minimum atomic E-state index is -0.462. The van der Waals surface area contributed by atoms with Gasteiger partial charge >= 0.3 is 0 Å². The molecule has 0 spiro atoms. The highest BCUT2D eigenvalue weighted by Crippen LogP contribution is 2.40. The molecule has 9 nitrogen and oxygen atoms in total. The molecule has 264 valence electrons. The van der Waals surface area contributed by atoms with Crippen LogP contribution in [0.25, 0.3) is 33.8 Å². The van der Waals surface area contributed by atoms with Gasteiger partial charge in [0.05, 0.1) is 33.7 Å². The highest BCUT2D eigenvalue weighted by atomic mass is 16.5. The van der Waals surface area contributed by atoms with E-state index in [9.17, 15) is 0 Å². The molecule has 0 aliphatic carbocycles. The molecule has 0 saturated carbocycles. The first kappa shape index (κ1) is 34.5. The highest BCUT2D eigenvalue weighted by molar-refractivity contribution is 5.96. The molecule has 0 amide bonds. The first-order valence-electron chi connectivity index (χ1n) is 17.6. The smallest absolute Gasteiger partial charge is 0.236 e. The van der Waals surface area contributed by atoms with Crippen molar-refractivity contribution in [2.24, 2.45) is 15.0 Å². The van der Waals surface area contributed by atoms with E-state index < -0.39 is 33.4 Å². The van der Waals surface area contributed by atoms with E-state index in [4.69, 9.17) is 44.1 Å². The van der Waals surface area contributed by atoms with Crippen LogP contribution in [0.1, 0.15) is 100 Å². The van der Waals surface area contributed by atoms with E-state index >= 15 is 0 Å². The lowest BCUT2D eigenvalue weighted by molar-refractivity contribution is 0.0616. The minimum absolute atomic E-state index is 0.393. The van der Waals surface area contributed by atoms with Gasteiger partial charge in [-0.15, -0.1) is 0 Å². The fraction of sp³-hybridized carbons (Fsp3) is 0.429. The van der Waals surface area contributed by atoms with Gasteiger partial charge in [-0.3, -0.25) is 0 Å². The van der Waals surface area contributed by atoms with E-state index in [1.807, 2.05) is 54.6 Å². The molecule has 0 unspecified atom stereocenters. The summed E-state index contributed by atoms with van der Waals surface area (Å²) in [6.07, 6.45) is 0. The molecular weight excluding hydrogens is 637 g/mol. The summed E-state index contributed by atoms with van der Waals surface area (Å²) in [5.74, 6) is 1.62. The lowest BCUT2D eigenvalue weighted by Gasteiger charge is -2.30. The molecule has 0 fully saturated rings. The Morgan fingerprint density at radius 2 is 0.588 bits per heavy atom. The first-order chi connectivity index (χ1) is 23.7. The largest absolute Gasteiger partial charge is 0.468 e. The number of hydrogen-bond donors (Lipinski definition) is 0. The number of aliphatic imine (C=N–C) groups is 3. The van der Waals surface area contributed by atoms with Crippen molar-refractivity contribution in [2.45, 2.75) is 117 Å². The van der Waals surface area contributed by atoms with E-state index in [0.717, 1.165) is 33.8 Å². The summed E-state index contributed by atoms with van der Waals surface area (Å²) in [5, 5.41) is 0. The van der Waals surface area contributed by atoms with Gasteiger partial charge in [-0.25, -0.2) is 29.9 Å². The van der Waals surface area contributed by atoms with Crippen LogP contribution in [0.4, 0.5) is 0 Å². The molecule has 9 heteroatoms. The molecule has 0 atom stereocenters. The standard InChI is InChI=1S/C42H48N6O3/c1-37(2)40(7,8)49-34(46-37)31-19-13-16-28(43-31)25-22-26(29-17-14-20-32(44-29)35-47-38(3,4)41(9,10)50-35)24-27(23-25)30-18-15-21-33(45-30)36-48-39(5,6)42(11,12)51-36/h13-24H,1-12H3. The Balaban J connectivity index is 1.35. The van der Waals surface area contributed by atoms with Crippen molar-refractivity contribution < 1.29 is 14.2 Å². The minimum Gasteiger partial charge on any atom is -0.468 e. The van der Waals surface area contributed by atoms with Gasteiger partial charge in [0.15, 0.2) is 0 Å². The lowest BCUT2D eigenvalue weighted by atomic mass is 9.87. The third-order valence-electron chi connectivity index (χ3n) is 11.3. The van der Waals surface area contributed by atoms with Crippen LogP contribution in [0, 0.1) is 0 Å². The average Bonchev–Trinajstić information content (AvgIpc) is 3.54. The Labute approximate surface area is 301 Å². The summed E-state index contributed by atoms with van der Waals surface area (Å²) >= 11 is 0. The Hall–Kier alpha value is -4.92. The molecule has 0 bridgehead atoms. The second-order valence-corrected chi connectivity index (χ2v) is 16.8. The highest BCUT2D eigenvalue weighted by Gasteiger charge is 2.48. The fourth-order valence-corrected chi connectivity index (χ4v) is 5.88. The fourth-order valence-electron chi connectivity index (χ4n) is 5.88. The van der Waals surface area contributed by atoms with Gasteiger partial charge in [0.25, 0.3) is 0 Å². The molecular formula is C42H48N6O3. The number of ether oxygens (including phenoxy) is 3. The van der Waals surface area contributed by atoms with Crippen molar-refractivity contribution in [3.8, 4) is 33.8 Å². The van der Waals surface area contributed by atoms with Crippen LogP contribution in [0.5, 0.6) is 0 Å². The molecule has 0 N–H and O–H groups in total. The second-order valence-electron chi connectivity index (χ2n) is 16.8. The molecule has 0 saturated heterocycles. The number of benzene rings is 1. The predicted octanol–water partition coefficient (Wildman–Crippen LogP) is 8.87. The number of rotatable bonds is 6. The Kier molecular flexibility index (Phi) is 7.64. The van der Waals surface area contributed by atoms with Crippen molar-refractivity contribution in [1.29, 1.82) is 0 Å². The van der Waals surface area contributed by atoms with Crippen molar-refractivity contribution in [1.82, 2.24) is 15.0 Å². The summed E-state index contributed by atoms with van der Waals surface area (Å²) in [7, 11) is 0. The van der Waals surface area contributed by atoms with Gasteiger partial charge < -0.3 is 14.2 Å². The molecule has 1 aromatic carbocycles. The molecule has 0 radical (unpaired) electrons. The third kappa shape index (κ3) is 6.00. The zero-order chi connectivity index (χ0) is 36.8. The van der Waals surface area contributed by atoms with Crippen molar-refractivity contribution in [3.63, 3.8) is 0 Å². The average molecular weight is 685 g/mol. The van der Waals surface area contributed by atoms with Crippen LogP contribution in [0.15, 0.2) is 87.8 Å². The molecule has 6 heterocycles. The number of aromatic nitrogens is 3. The number of pyridine rings is 3. The molecule has 3 aliphatic rings. The zero-order valence-corrected chi connectivity index (χ0v) is 31.8. The van der Waals surface area contributed by atoms with Crippen LogP contribution >= 0.6 is 0 Å². The maximum absolute atomic E-state index is 6.33. The molecule has 3 aromatic heterocycles. The van der Waals surface area contributed by atoms with Gasteiger partial charge in [-0.05, 0) is 138 Å². The van der Waals surface area contributed by atoms with Gasteiger partial charge in [0.2, 0.25) is 17.7 Å². The quantitative estimate of drug-likeness (QED) is 0.201. The number of hydrogen-bond acceptors (Lipinski definition) is 9. The van der Waals surface area contributed by atoms with Crippen LogP contribution in [0.2, 0.25) is 0 Å². The van der Waals surface area contributed by atoms with Crippen molar-refractivity contribution in [3.05, 3.63) is 89.9 Å². The summed E-state index contributed by atoms with van der Waals surface area (Å²) in [5.41, 5.74) is 4.49.